The standard InChI is InChI=1S/C19H17Cl2N3O3/c20-14-3-1-2-13(9-14)19(27)24-7-6-15(11-24)23-18-16(21)8-12(10-22-18)4-5-17(25)26/h1-5,8-10,15H,6-7,11H2,(H,22,23)(H,25,26)/b5-4+/t15-/m1/s1. The molecule has 1 saturated heterocycles. The van der Waals surface area contributed by atoms with Gasteiger partial charge < -0.3 is 15.3 Å². The van der Waals surface area contributed by atoms with Gasteiger partial charge in [0.05, 0.1) is 5.02 Å². The summed E-state index contributed by atoms with van der Waals surface area (Å²) in [6.07, 6.45) is 4.76. The molecule has 0 bridgehead atoms. The quantitative estimate of drug-likeness (QED) is 0.738. The average molecular weight is 406 g/mol. The number of hydrogen-bond acceptors (Lipinski definition) is 4. The SMILES string of the molecule is O=C(O)/C=C/c1cnc(N[C@@H]2CCN(C(=O)c3cccc(Cl)c3)C2)c(Cl)c1. The van der Waals surface area contributed by atoms with Crippen molar-refractivity contribution in [2.75, 3.05) is 18.4 Å². The molecule has 8 heteroatoms. The maximum Gasteiger partial charge on any atom is 0.328 e. The Morgan fingerprint density at radius 1 is 1.30 bits per heavy atom. The number of carboxylic acid groups (broad SMARTS) is 1. The van der Waals surface area contributed by atoms with Crippen molar-refractivity contribution in [3.63, 3.8) is 0 Å². The molecule has 2 heterocycles. The van der Waals surface area contributed by atoms with Crippen molar-refractivity contribution in [2.24, 2.45) is 0 Å². The number of halogens is 2. The van der Waals surface area contributed by atoms with E-state index in [1.807, 2.05) is 0 Å². The summed E-state index contributed by atoms with van der Waals surface area (Å²) in [7, 11) is 0. The minimum Gasteiger partial charge on any atom is -0.478 e. The third kappa shape index (κ3) is 4.99. The predicted octanol–water partition coefficient (Wildman–Crippen LogP) is 3.81. The first-order chi connectivity index (χ1) is 12.9. The van der Waals surface area contributed by atoms with E-state index in [2.05, 4.69) is 10.3 Å². The Bertz CT molecular complexity index is 902. The molecule has 0 unspecified atom stereocenters. The van der Waals surface area contributed by atoms with Crippen LogP contribution in [0.15, 0.2) is 42.6 Å². The normalized spacial score (nSPS) is 16.7. The van der Waals surface area contributed by atoms with Gasteiger partial charge in [0.1, 0.15) is 5.82 Å². The first-order valence-electron chi connectivity index (χ1n) is 8.30. The van der Waals surface area contributed by atoms with E-state index in [0.717, 1.165) is 12.5 Å². The first kappa shape index (κ1) is 19.2. The molecule has 1 amide bonds. The Kier molecular flexibility index (Phi) is 5.98. The van der Waals surface area contributed by atoms with Crippen molar-refractivity contribution in [3.05, 3.63) is 63.8 Å². The van der Waals surface area contributed by atoms with Gasteiger partial charge >= 0.3 is 5.97 Å². The van der Waals surface area contributed by atoms with E-state index in [1.165, 1.54) is 12.3 Å². The molecular formula is C19H17Cl2N3O3. The van der Waals surface area contributed by atoms with Crippen molar-refractivity contribution in [1.82, 2.24) is 9.88 Å². The highest BCUT2D eigenvalue weighted by Crippen LogP contribution is 2.24. The third-order valence-corrected chi connectivity index (χ3v) is 4.69. The lowest BCUT2D eigenvalue weighted by atomic mass is 10.2. The fourth-order valence-electron chi connectivity index (χ4n) is 2.88. The predicted molar refractivity (Wildman–Crippen MR) is 105 cm³/mol. The number of nitrogens with one attached hydrogen (secondary N) is 1. The van der Waals surface area contributed by atoms with E-state index in [1.54, 1.807) is 35.2 Å². The highest BCUT2D eigenvalue weighted by Gasteiger charge is 2.27. The zero-order chi connectivity index (χ0) is 19.4. The molecule has 1 fully saturated rings. The lowest BCUT2D eigenvalue weighted by Crippen LogP contribution is -2.31. The molecule has 140 valence electrons. The molecule has 1 aliphatic heterocycles. The van der Waals surface area contributed by atoms with E-state index in [4.69, 9.17) is 28.3 Å². The number of aliphatic carboxylic acids is 1. The molecule has 0 saturated carbocycles. The number of carboxylic acids is 1. The summed E-state index contributed by atoms with van der Waals surface area (Å²) in [5.41, 5.74) is 1.16. The van der Waals surface area contributed by atoms with Crippen molar-refractivity contribution < 1.29 is 14.7 Å². The molecule has 6 nitrogen and oxygen atoms in total. The second kappa shape index (κ2) is 8.41. The minimum absolute atomic E-state index is 0.0264. The lowest BCUT2D eigenvalue weighted by Gasteiger charge is -2.18. The summed E-state index contributed by atoms with van der Waals surface area (Å²) in [5, 5.41) is 12.8. The van der Waals surface area contributed by atoms with Gasteiger partial charge in [0.25, 0.3) is 5.91 Å². The molecule has 0 aliphatic carbocycles. The van der Waals surface area contributed by atoms with Crippen LogP contribution in [0.2, 0.25) is 10.0 Å². The second-order valence-electron chi connectivity index (χ2n) is 6.16. The topological polar surface area (TPSA) is 82.5 Å². The van der Waals surface area contributed by atoms with Gasteiger partial charge in [-0.05, 0) is 42.3 Å². The van der Waals surface area contributed by atoms with Crippen LogP contribution < -0.4 is 5.32 Å². The second-order valence-corrected chi connectivity index (χ2v) is 7.01. The Morgan fingerprint density at radius 3 is 2.81 bits per heavy atom. The number of rotatable bonds is 5. The monoisotopic (exact) mass is 405 g/mol. The Hall–Kier alpha value is -2.57. The van der Waals surface area contributed by atoms with Crippen LogP contribution in [0.1, 0.15) is 22.3 Å². The molecule has 2 aromatic rings. The van der Waals surface area contributed by atoms with Crippen molar-refractivity contribution in [1.29, 1.82) is 0 Å². The van der Waals surface area contributed by atoms with Crippen LogP contribution >= 0.6 is 23.2 Å². The van der Waals surface area contributed by atoms with Crippen molar-refractivity contribution in [3.8, 4) is 0 Å². The van der Waals surface area contributed by atoms with Gasteiger partial charge in [0, 0.05) is 42.0 Å². The molecule has 3 rings (SSSR count). The van der Waals surface area contributed by atoms with E-state index < -0.39 is 5.97 Å². The highest BCUT2D eigenvalue weighted by atomic mass is 35.5. The van der Waals surface area contributed by atoms with Crippen molar-refractivity contribution >= 4 is 47.0 Å². The summed E-state index contributed by atoms with van der Waals surface area (Å²) >= 11 is 12.2. The summed E-state index contributed by atoms with van der Waals surface area (Å²) in [4.78, 5) is 29.2. The Morgan fingerprint density at radius 2 is 2.11 bits per heavy atom. The summed E-state index contributed by atoms with van der Waals surface area (Å²) < 4.78 is 0. The average Bonchev–Trinajstić information content (AvgIpc) is 3.10. The van der Waals surface area contributed by atoms with Crippen LogP contribution in [0.3, 0.4) is 0 Å². The summed E-state index contributed by atoms with van der Waals surface area (Å²) in [6, 6.07) is 8.56. The van der Waals surface area contributed by atoms with E-state index >= 15 is 0 Å². The van der Waals surface area contributed by atoms with Crippen LogP contribution in [0.4, 0.5) is 5.82 Å². The lowest BCUT2D eigenvalue weighted by molar-refractivity contribution is -0.131. The molecule has 1 aromatic heterocycles. The van der Waals surface area contributed by atoms with Gasteiger partial charge in [-0.1, -0.05) is 29.3 Å². The zero-order valence-corrected chi connectivity index (χ0v) is 15.7. The Labute approximate surface area is 166 Å². The molecular weight excluding hydrogens is 389 g/mol. The molecule has 1 atom stereocenters. The largest absolute Gasteiger partial charge is 0.478 e. The number of carbonyl (C=O) groups excluding carboxylic acids is 1. The Balaban J connectivity index is 1.63. The first-order valence-corrected chi connectivity index (χ1v) is 9.06. The molecule has 27 heavy (non-hydrogen) atoms. The number of anilines is 1. The molecule has 0 radical (unpaired) electrons. The van der Waals surface area contributed by atoms with Crippen LogP contribution in [0.5, 0.6) is 0 Å². The number of amides is 1. The number of benzene rings is 1. The number of aromatic nitrogens is 1. The molecule has 1 aliphatic rings. The van der Waals surface area contributed by atoms with Gasteiger partial charge in [0.15, 0.2) is 0 Å². The summed E-state index contributed by atoms with van der Waals surface area (Å²) in [6.45, 7) is 1.16. The van der Waals surface area contributed by atoms with Gasteiger partial charge in [-0.15, -0.1) is 0 Å². The number of likely N-dealkylation sites (tertiary alicyclic amines) is 1. The molecule has 0 spiro atoms. The number of nitrogens with zero attached hydrogens (tertiary/aromatic N) is 2. The number of hydrogen-bond donors (Lipinski definition) is 2. The number of carbonyl (C=O) groups is 2. The fourth-order valence-corrected chi connectivity index (χ4v) is 3.30. The minimum atomic E-state index is -1.04. The van der Waals surface area contributed by atoms with Crippen LogP contribution in [-0.2, 0) is 4.79 Å². The highest BCUT2D eigenvalue weighted by molar-refractivity contribution is 6.33. The van der Waals surface area contributed by atoms with E-state index in [-0.39, 0.29) is 11.9 Å². The number of pyridine rings is 1. The maximum atomic E-state index is 12.6. The fraction of sp³-hybridized carbons (Fsp3) is 0.211. The molecule has 2 N–H and O–H groups in total. The third-order valence-electron chi connectivity index (χ3n) is 4.17. The smallest absolute Gasteiger partial charge is 0.328 e. The van der Waals surface area contributed by atoms with Gasteiger partial charge in [-0.25, -0.2) is 9.78 Å². The maximum absolute atomic E-state index is 12.6. The van der Waals surface area contributed by atoms with Crippen molar-refractivity contribution in [2.45, 2.75) is 12.5 Å². The van der Waals surface area contributed by atoms with Crippen LogP contribution in [0.25, 0.3) is 6.08 Å². The van der Waals surface area contributed by atoms with Gasteiger partial charge in [-0.3, -0.25) is 4.79 Å². The van der Waals surface area contributed by atoms with E-state index in [0.29, 0.717) is 40.1 Å². The molecule has 1 aromatic carbocycles. The van der Waals surface area contributed by atoms with Gasteiger partial charge in [-0.2, -0.15) is 0 Å². The van der Waals surface area contributed by atoms with Crippen LogP contribution in [-0.4, -0.2) is 46.0 Å². The van der Waals surface area contributed by atoms with Gasteiger partial charge in [0.2, 0.25) is 0 Å². The van der Waals surface area contributed by atoms with E-state index in [9.17, 15) is 9.59 Å². The summed E-state index contributed by atoms with van der Waals surface area (Å²) in [5.74, 6) is -0.593. The van der Waals surface area contributed by atoms with Crippen LogP contribution in [0, 0.1) is 0 Å². The zero-order valence-electron chi connectivity index (χ0n) is 14.2.